The van der Waals surface area contributed by atoms with Crippen LogP contribution in [0.15, 0.2) is 48.5 Å². The first-order chi connectivity index (χ1) is 9.56. The molecule has 0 radical (unpaired) electrons. The molecular weight excluding hydrogens is 256 g/mol. The predicted octanol–water partition coefficient (Wildman–Crippen LogP) is 4.78. The molecule has 0 heterocycles. The predicted molar refractivity (Wildman–Crippen MR) is 77.8 cm³/mol. The third-order valence-corrected chi connectivity index (χ3v) is 3.36. The van der Waals surface area contributed by atoms with Crippen molar-refractivity contribution < 1.29 is 8.78 Å². The van der Waals surface area contributed by atoms with Crippen LogP contribution in [0.1, 0.15) is 41.6 Å². The summed E-state index contributed by atoms with van der Waals surface area (Å²) in [6, 6.07) is 15.0. The van der Waals surface area contributed by atoms with E-state index >= 15 is 0 Å². The first-order valence-corrected chi connectivity index (χ1v) is 6.73. The van der Waals surface area contributed by atoms with Gasteiger partial charge in [-0.1, -0.05) is 48.0 Å². The second-order valence-electron chi connectivity index (χ2n) is 5.06. The molecule has 0 unspecified atom stereocenters. The number of alkyl halides is 2. The molecule has 0 aliphatic heterocycles. The summed E-state index contributed by atoms with van der Waals surface area (Å²) in [4.78, 5) is 0. The average Bonchev–Trinajstić information content (AvgIpc) is 2.45. The van der Waals surface area contributed by atoms with Crippen molar-refractivity contribution in [3.05, 3.63) is 70.8 Å². The van der Waals surface area contributed by atoms with Gasteiger partial charge in [0.05, 0.1) is 0 Å². The zero-order valence-corrected chi connectivity index (χ0v) is 11.7. The van der Waals surface area contributed by atoms with Crippen molar-refractivity contribution in [3.63, 3.8) is 0 Å². The van der Waals surface area contributed by atoms with E-state index in [0.29, 0.717) is 6.54 Å². The number of aryl methyl sites for hydroxylation is 1. The Kier molecular flexibility index (Phi) is 4.85. The van der Waals surface area contributed by atoms with Crippen LogP contribution in [-0.4, -0.2) is 0 Å². The summed E-state index contributed by atoms with van der Waals surface area (Å²) in [6.07, 6.45) is -2.41. The van der Waals surface area contributed by atoms with Crippen molar-refractivity contribution in [2.75, 3.05) is 0 Å². The molecule has 0 bridgehead atoms. The highest BCUT2D eigenvalue weighted by atomic mass is 19.3. The van der Waals surface area contributed by atoms with E-state index < -0.39 is 6.43 Å². The number of nitrogens with one attached hydrogen (secondary N) is 1. The number of halogens is 2. The SMILES string of the molecule is Cc1cccc([C@H](C)NCc2cccc(C(F)F)c2)c1. The van der Waals surface area contributed by atoms with E-state index in [2.05, 4.69) is 37.4 Å². The second kappa shape index (κ2) is 6.62. The van der Waals surface area contributed by atoms with Crippen molar-refractivity contribution >= 4 is 0 Å². The van der Waals surface area contributed by atoms with E-state index in [-0.39, 0.29) is 11.6 Å². The van der Waals surface area contributed by atoms with Crippen molar-refractivity contribution in [2.45, 2.75) is 32.9 Å². The van der Waals surface area contributed by atoms with Crippen LogP contribution in [0.5, 0.6) is 0 Å². The van der Waals surface area contributed by atoms with Gasteiger partial charge in [-0.3, -0.25) is 0 Å². The van der Waals surface area contributed by atoms with E-state index in [1.165, 1.54) is 17.2 Å². The van der Waals surface area contributed by atoms with Gasteiger partial charge in [-0.2, -0.15) is 0 Å². The summed E-state index contributed by atoms with van der Waals surface area (Å²) >= 11 is 0. The molecule has 1 atom stereocenters. The standard InChI is InChI=1S/C17H19F2N/c1-12-5-3-7-15(9-12)13(2)20-11-14-6-4-8-16(10-14)17(18)19/h3-10,13,17,20H,11H2,1-2H3/t13-/m0/s1. The smallest absolute Gasteiger partial charge is 0.263 e. The van der Waals surface area contributed by atoms with Crippen molar-refractivity contribution in [3.8, 4) is 0 Å². The molecule has 2 aromatic carbocycles. The summed E-state index contributed by atoms with van der Waals surface area (Å²) in [5, 5.41) is 3.36. The van der Waals surface area contributed by atoms with Crippen molar-refractivity contribution in [1.82, 2.24) is 5.32 Å². The highest BCUT2D eigenvalue weighted by Crippen LogP contribution is 2.20. The fraction of sp³-hybridized carbons (Fsp3) is 0.294. The molecular formula is C17H19F2N. The maximum absolute atomic E-state index is 12.6. The minimum absolute atomic E-state index is 0.0764. The van der Waals surface area contributed by atoms with E-state index in [0.717, 1.165) is 5.56 Å². The molecule has 0 spiro atoms. The van der Waals surface area contributed by atoms with Gasteiger partial charge in [0.15, 0.2) is 0 Å². The molecule has 0 aliphatic carbocycles. The van der Waals surface area contributed by atoms with Crippen LogP contribution in [0.4, 0.5) is 8.78 Å². The summed E-state index contributed by atoms with van der Waals surface area (Å²) in [5.74, 6) is 0. The van der Waals surface area contributed by atoms with Crippen LogP contribution in [-0.2, 0) is 6.54 Å². The van der Waals surface area contributed by atoms with Gasteiger partial charge in [-0.05, 0) is 31.0 Å². The summed E-state index contributed by atoms with van der Waals surface area (Å²) in [5.41, 5.74) is 3.38. The van der Waals surface area contributed by atoms with E-state index in [4.69, 9.17) is 0 Å². The monoisotopic (exact) mass is 275 g/mol. The van der Waals surface area contributed by atoms with Crippen molar-refractivity contribution in [2.24, 2.45) is 0 Å². The van der Waals surface area contributed by atoms with E-state index in [1.807, 2.05) is 12.1 Å². The minimum Gasteiger partial charge on any atom is -0.306 e. The van der Waals surface area contributed by atoms with Gasteiger partial charge >= 0.3 is 0 Å². The Hall–Kier alpha value is -1.74. The molecule has 0 aliphatic rings. The van der Waals surface area contributed by atoms with Gasteiger partial charge < -0.3 is 5.32 Å². The maximum atomic E-state index is 12.6. The molecule has 2 aromatic rings. The van der Waals surface area contributed by atoms with Crippen LogP contribution in [0.25, 0.3) is 0 Å². The third kappa shape index (κ3) is 3.87. The van der Waals surface area contributed by atoms with Crippen molar-refractivity contribution in [1.29, 1.82) is 0 Å². The Balaban J connectivity index is 1.99. The van der Waals surface area contributed by atoms with Crippen LogP contribution >= 0.6 is 0 Å². The third-order valence-electron chi connectivity index (χ3n) is 3.36. The number of benzene rings is 2. The highest BCUT2D eigenvalue weighted by molar-refractivity contribution is 5.26. The molecule has 2 rings (SSSR count). The van der Waals surface area contributed by atoms with Gasteiger partial charge in [0.1, 0.15) is 0 Å². The molecule has 0 amide bonds. The lowest BCUT2D eigenvalue weighted by molar-refractivity contribution is 0.151. The lowest BCUT2D eigenvalue weighted by Crippen LogP contribution is -2.18. The number of hydrogen-bond donors (Lipinski definition) is 1. The first kappa shape index (κ1) is 14.7. The van der Waals surface area contributed by atoms with E-state index in [9.17, 15) is 8.78 Å². The average molecular weight is 275 g/mol. The fourth-order valence-electron chi connectivity index (χ4n) is 2.17. The molecule has 1 N–H and O–H groups in total. The Morgan fingerprint density at radius 3 is 2.40 bits per heavy atom. The van der Waals surface area contributed by atoms with Crippen LogP contribution < -0.4 is 5.32 Å². The molecule has 1 nitrogen and oxygen atoms in total. The highest BCUT2D eigenvalue weighted by Gasteiger charge is 2.08. The quantitative estimate of drug-likeness (QED) is 0.827. The van der Waals surface area contributed by atoms with Gasteiger partial charge in [-0.15, -0.1) is 0 Å². The molecule has 0 saturated carbocycles. The second-order valence-corrected chi connectivity index (χ2v) is 5.06. The fourth-order valence-corrected chi connectivity index (χ4v) is 2.17. The topological polar surface area (TPSA) is 12.0 Å². The Bertz CT molecular complexity index is 566. The molecule has 3 heteroatoms. The molecule has 0 fully saturated rings. The van der Waals surface area contributed by atoms with Gasteiger partial charge in [0.2, 0.25) is 0 Å². The number of hydrogen-bond acceptors (Lipinski definition) is 1. The van der Waals surface area contributed by atoms with Crippen LogP contribution in [0.3, 0.4) is 0 Å². The largest absolute Gasteiger partial charge is 0.306 e. The van der Waals surface area contributed by atoms with Gasteiger partial charge in [0, 0.05) is 18.2 Å². The number of rotatable bonds is 5. The Morgan fingerprint density at radius 2 is 1.70 bits per heavy atom. The Morgan fingerprint density at radius 1 is 1.00 bits per heavy atom. The minimum atomic E-state index is -2.41. The molecule has 0 saturated heterocycles. The summed E-state index contributed by atoms with van der Waals surface area (Å²) < 4.78 is 25.3. The first-order valence-electron chi connectivity index (χ1n) is 6.73. The molecule has 20 heavy (non-hydrogen) atoms. The van der Waals surface area contributed by atoms with Gasteiger partial charge in [-0.25, -0.2) is 8.78 Å². The Labute approximate surface area is 118 Å². The zero-order chi connectivity index (χ0) is 14.5. The zero-order valence-electron chi connectivity index (χ0n) is 11.7. The van der Waals surface area contributed by atoms with E-state index in [1.54, 1.807) is 12.1 Å². The normalized spacial score (nSPS) is 12.7. The summed E-state index contributed by atoms with van der Waals surface area (Å²) in [7, 11) is 0. The molecule has 0 aromatic heterocycles. The lowest BCUT2D eigenvalue weighted by atomic mass is 10.1. The van der Waals surface area contributed by atoms with Crippen LogP contribution in [0, 0.1) is 6.92 Å². The van der Waals surface area contributed by atoms with Gasteiger partial charge in [0.25, 0.3) is 6.43 Å². The van der Waals surface area contributed by atoms with Crippen LogP contribution in [0.2, 0.25) is 0 Å². The summed E-state index contributed by atoms with van der Waals surface area (Å²) in [6.45, 7) is 4.71. The lowest BCUT2D eigenvalue weighted by Gasteiger charge is -2.15. The maximum Gasteiger partial charge on any atom is 0.263 e. The molecule has 106 valence electrons.